The van der Waals surface area contributed by atoms with Gasteiger partial charge in [-0.15, -0.1) is 11.3 Å². The minimum absolute atomic E-state index is 0.184. The van der Waals surface area contributed by atoms with Gasteiger partial charge in [-0.25, -0.2) is 0 Å². The molecule has 2 nitrogen and oxygen atoms in total. The van der Waals surface area contributed by atoms with E-state index in [1.165, 1.54) is 4.88 Å². The van der Waals surface area contributed by atoms with E-state index in [2.05, 4.69) is 15.9 Å². The van der Waals surface area contributed by atoms with Gasteiger partial charge in [-0.2, -0.15) is 0 Å². The van der Waals surface area contributed by atoms with Gasteiger partial charge >= 0.3 is 5.97 Å². The molecule has 72 valence electrons. The quantitative estimate of drug-likeness (QED) is 0.616. The van der Waals surface area contributed by atoms with Gasteiger partial charge in [0.15, 0.2) is 0 Å². The molecule has 0 bridgehead atoms. The van der Waals surface area contributed by atoms with E-state index < -0.39 is 0 Å². The second kappa shape index (κ2) is 5.40. The monoisotopic (exact) mass is 262 g/mol. The van der Waals surface area contributed by atoms with Gasteiger partial charge in [-0.3, -0.25) is 4.79 Å². The van der Waals surface area contributed by atoms with Crippen molar-refractivity contribution in [1.29, 1.82) is 0 Å². The Labute approximate surface area is 90.0 Å². The van der Waals surface area contributed by atoms with Crippen LogP contribution >= 0.6 is 27.3 Å². The van der Waals surface area contributed by atoms with Crippen molar-refractivity contribution in [2.24, 2.45) is 0 Å². The van der Waals surface area contributed by atoms with Crippen molar-refractivity contribution in [3.05, 3.63) is 22.4 Å². The third-order valence-corrected chi connectivity index (χ3v) is 3.10. The molecule has 0 N–H and O–H groups in total. The van der Waals surface area contributed by atoms with Crippen molar-refractivity contribution >= 4 is 33.2 Å². The smallest absolute Gasteiger partial charge is 0.320 e. The van der Waals surface area contributed by atoms with E-state index in [4.69, 9.17) is 4.74 Å². The zero-order valence-corrected chi connectivity index (χ0v) is 9.73. The Bertz CT molecular complexity index is 259. The molecule has 0 amide bonds. The third kappa shape index (κ3) is 3.48. The van der Waals surface area contributed by atoms with E-state index in [1.54, 1.807) is 11.3 Å². The highest BCUT2D eigenvalue weighted by atomic mass is 79.9. The molecular formula is C9H11BrO2S. The van der Waals surface area contributed by atoms with Crippen LogP contribution in [0.3, 0.4) is 0 Å². The predicted octanol–water partition coefficient (Wildman–Crippen LogP) is 2.62. The molecule has 13 heavy (non-hydrogen) atoms. The van der Waals surface area contributed by atoms with Gasteiger partial charge in [0.25, 0.3) is 0 Å². The van der Waals surface area contributed by atoms with Crippen LogP contribution in [0.4, 0.5) is 0 Å². The lowest BCUT2D eigenvalue weighted by molar-refractivity contribution is -0.142. The Balaban J connectivity index is 2.41. The molecule has 1 heterocycles. The summed E-state index contributed by atoms with van der Waals surface area (Å²) in [5.74, 6) is -0.184. The summed E-state index contributed by atoms with van der Waals surface area (Å²) < 4.78 is 4.87. The van der Waals surface area contributed by atoms with Crippen LogP contribution in [0.1, 0.15) is 11.8 Å². The molecule has 0 aliphatic rings. The number of rotatable bonds is 4. The topological polar surface area (TPSA) is 26.3 Å². The van der Waals surface area contributed by atoms with E-state index in [0.29, 0.717) is 13.0 Å². The molecule has 0 aromatic carbocycles. The normalized spacial score (nSPS) is 12.5. The predicted molar refractivity (Wildman–Crippen MR) is 57.4 cm³/mol. The average molecular weight is 263 g/mol. The van der Waals surface area contributed by atoms with Gasteiger partial charge in [0.05, 0.1) is 6.61 Å². The molecule has 0 radical (unpaired) electrons. The Kier molecular flexibility index (Phi) is 4.45. The second-order valence-corrected chi connectivity index (χ2v) is 4.64. The lowest BCUT2D eigenvalue weighted by Gasteiger charge is -2.06. The number of halogens is 1. The molecule has 0 saturated carbocycles. The molecule has 0 fully saturated rings. The highest BCUT2D eigenvalue weighted by molar-refractivity contribution is 9.10. The fraction of sp³-hybridized carbons (Fsp3) is 0.444. The number of carbonyl (C=O) groups is 1. The van der Waals surface area contributed by atoms with Gasteiger partial charge in [-0.1, -0.05) is 22.0 Å². The molecule has 1 rings (SSSR count). The van der Waals surface area contributed by atoms with Crippen molar-refractivity contribution in [3.8, 4) is 0 Å². The largest absolute Gasteiger partial charge is 0.465 e. The Morgan fingerprint density at radius 3 is 3.08 bits per heavy atom. The van der Waals surface area contributed by atoms with Gasteiger partial charge in [0, 0.05) is 11.3 Å². The van der Waals surface area contributed by atoms with Crippen LogP contribution in [0.15, 0.2) is 17.5 Å². The minimum Gasteiger partial charge on any atom is -0.465 e. The van der Waals surface area contributed by atoms with Gasteiger partial charge in [0.2, 0.25) is 0 Å². The van der Waals surface area contributed by atoms with Gasteiger partial charge in [0.1, 0.15) is 4.83 Å². The SMILES string of the molecule is CCOC(=O)C(Br)Cc1cccs1. The molecule has 4 heteroatoms. The number of hydrogen-bond acceptors (Lipinski definition) is 3. The molecular weight excluding hydrogens is 252 g/mol. The Hall–Kier alpha value is -0.350. The van der Waals surface area contributed by atoms with Crippen molar-refractivity contribution in [2.45, 2.75) is 18.2 Å². The van der Waals surface area contributed by atoms with Gasteiger partial charge < -0.3 is 4.74 Å². The molecule has 1 aromatic rings. The highest BCUT2D eigenvalue weighted by Gasteiger charge is 2.16. The van der Waals surface area contributed by atoms with Crippen molar-refractivity contribution in [3.63, 3.8) is 0 Å². The lowest BCUT2D eigenvalue weighted by Crippen LogP contribution is -2.19. The molecule has 0 spiro atoms. The van der Waals surface area contributed by atoms with Crippen LogP contribution in [0.2, 0.25) is 0 Å². The number of alkyl halides is 1. The van der Waals surface area contributed by atoms with Crippen molar-refractivity contribution in [2.75, 3.05) is 6.61 Å². The second-order valence-electron chi connectivity index (χ2n) is 2.50. The van der Waals surface area contributed by atoms with E-state index in [0.717, 1.165) is 0 Å². The van der Waals surface area contributed by atoms with Crippen LogP contribution < -0.4 is 0 Å². The summed E-state index contributed by atoms with van der Waals surface area (Å²) in [6.07, 6.45) is 0.705. The summed E-state index contributed by atoms with van der Waals surface area (Å²) in [6, 6.07) is 3.99. The summed E-state index contributed by atoms with van der Waals surface area (Å²) in [7, 11) is 0. The number of ether oxygens (including phenoxy) is 1. The number of hydrogen-bond donors (Lipinski definition) is 0. The molecule has 1 aromatic heterocycles. The molecule has 0 aliphatic carbocycles. The Morgan fingerprint density at radius 2 is 2.54 bits per heavy atom. The standard InChI is InChI=1S/C9H11BrO2S/c1-2-12-9(11)8(10)6-7-4-3-5-13-7/h3-5,8H,2,6H2,1H3. The first-order valence-electron chi connectivity index (χ1n) is 4.07. The van der Waals surface area contributed by atoms with E-state index in [9.17, 15) is 4.79 Å². The fourth-order valence-electron chi connectivity index (χ4n) is 0.921. The molecule has 0 saturated heterocycles. The highest BCUT2D eigenvalue weighted by Crippen LogP contribution is 2.16. The maximum Gasteiger partial charge on any atom is 0.320 e. The summed E-state index contributed by atoms with van der Waals surface area (Å²) in [5, 5.41) is 2.00. The van der Waals surface area contributed by atoms with E-state index >= 15 is 0 Å². The Morgan fingerprint density at radius 1 is 1.77 bits per heavy atom. The van der Waals surface area contributed by atoms with E-state index in [-0.39, 0.29) is 10.8 Å². The number of esters is 1. The number of thiophene rings is 1. The van der Waals surface area contributed by atoms with Gasteiger partial charge in [-0.05, 0) is 18.4 Å². The van der Waals surface area contributed by atoms with Crippen LogP contribution in [0, 0.1) is 0 Å². The number of carbonyl (C=O) groups excluding carboxylic acids is 1. The molecule has 0 aliphatic heterocycles. The lowest BCUT2D eigenvalue weighted by atomic mass is 10.3. The fourth-order valence-corrected chi connectivity index (χ4v) is 2.37. The summed E-state index contributed by atoms with van der Waals surface area (Å²) in [4.78, 5) is 12.2. The van der Waals surface area contributed by atoms with Crippen LogP contribution in [0.5, 0.6) is 0 Å². The zero-order chi connectivity index (χ0) is 9.68. The van der Waals surface area contributed by atoms with Crippen LogP contribution in [0.25, 0.3) is 0 Å². The summed E-state index contributed by atoms with van der Waals surface area (Å²) in [6.45, 7) is 2.24. The zero-order valence-electron chi connectivity index (χ0n) is 7.33. The average Bonchev–Trinajstić information content (AvgIpc) is 2.57. The van der Waals surface area contributed by atoms with Crippen molar-refractivity contribution in [1.82, 2.24) is 0 Å². The summed E-state index contributed by atoms with van der Waals surface area (Å²) in [5.41, 5.74) is 0. The van der Waals surface area contributed by atoms with Crippen molar-refractivity contribution < 1.29 is 9.53 Å². The third-order valence-electron chi connectivity index (χ3n) is 1.50. The summed E-state index contributed by atoms with van der Waals surface area (Å²) >= 11 is 4.95. The first kappa shape index (κ1) is 10.7. The molecule has 1 unspecified atom stereocenters. The first-order chi connectivity index (χ1) is 6.24. The first-order valence-corrected chi connectivity index (χ1v) is 5.86. The van der Waals surface area contributed by atoms with E-state index in [1.807, 2.05) is 24.4 Å². The molecule has 1 atom stereocenters. The van der Waals surface area contributed by atoms with Crippen LogP contribution in [-0.4, -0.2) is 17.4 Å². The minimum atomic E-state index is -0.217. The maximum absolute atomic E-state index is 11.2. The van der Waals surface area contributed by atoms with Crippen LogP contribution in [-0.2, 0) is 16.0 Å². The maximum atomic E-state index is 11.2.